The lowest BCUT2D eigenvalue weighted by Crippen LogP contribution is -2.33. The Morgan fingerprint density at radius 1 is 0.413 bits per heavy atom. The molecule has 0 saturated carbocycles. The Hall–Kier alpha value is -1.63. The van der Waals surface area contributed by atoms with Crippen molar-refractivity contribution in [3.63, 3.8) is 0 Å². The highest BCUT2D eigenvalue weighted by molar-refractivity contribution is 5.76. The van der Waals surface area contributed by atoms with Crippen LogP contribution in [-0.4, -0.2) is 73.6 Å². The molecular weight excluding hydrogens is 781 g/mol. The SMILES string of the molecule is CCCCCCC(CCCCCC)CCCOC(=O)CCCCCCCN(CCCCCCCC(=O)OCCCC(CCCCCC)CCCCCC)C(=O)CCCN1CCCC1. The summed E-state index contributed by atoms with van der Waals surface area (Å²) in [6.45, 7) is 15.4. The summed E-state index contributed by atoms with van der Waals surface area (Å²) in [5, 5.41) is 0. The van der Waals surface area contributed by atoms with E-state index in [1.807, 2.05) is 0 Å². The molecule has 0 N–H and O–H groups in total. The fourth-order valence-electron chi connectivity index (χ4n) is 9.75. The molecule has 1 heterocycles. The molecule has 1 amide bonds. The molecule has 0 aliphatic carbocycles. The van der Waals surface area contributed by atoms with E-state index in [-0.39, 0.29) is 11.9 Å². The molecule has 1 saturated heterocycles. The van der Waals surface area contributed by atoms with Crippen molar-refractivity contribution in [2.45, 2.75) is 285 Å². The first-order valence-electron chi connectivity index (χ1n) is 28.2. The van der Waals surface area contributed by atoms with E-state index < -0.39 is 0 Å². The maximum absolute atomic E-state index is 13.4. The number of carbonyl (C=O) groups is 3. The van der Waals surface area contributed by atoms with Gasteiger partial charge in [0, 0.05) is 32.4 Å². The summed E-state index contributed by atoms with van der Waals surface area (Å²) in [6.07, 6.45) is 46.7. The number of esters is 2. The lowest BCUT2D eigenvalue weighted by molar-refractivity contribution is -0.144. The third kappa shape index (κ3) is 38.2. The first-order valence-corrected chi connectivity index (χ1v) is 28.2. The Labute approximate surface area is 392 Å². The van der Waals surface area contributed by atoms with Crippen LogP contribution in [0.5, 0.6) is 0 Å². The highest BCUT2D eigenvalue weighted by Crippen LogP contribution is 2.25. The van der Waals surface area contributed by atoms with E-state index in [4.69, 9.17) is 9.47 Å². The lowest BCUT2D eigenvalue weighted by Gasteiger charge is -2.23. The number of hydrogen-bond acceptors (Lipinski definition) is 6. The standard InChI is InChI=1S/C56H108N2O5/c1-5-9-13-23-36-52(37-24-14-10-6-2)40-34-50-62-55(60)43-27-19-17-21-29-48-58(54(59)42-33-47-57-45-31-32-46-57)49-30-22-18-20-28-44-56(61)63-51-35-41-53(38-25-15-11-7-3)39-26-16-12-8-4/h52-53H,5-51H2,1-4H3. The summed E-state index contributed by atoms with van der Waals surface area (Å²) in [6, 6.07) is 0. The second kappa shape index (κ2) is 45.5. The van der Waals surface area contributed by atoms with Crippen LogP contribution in [0.1, 0.15) is 285 Å². The summed E-state index contributed by atoms with van der Waals surface area (Å²) in [5.41, 5.74) is 0. The third-order valence-corrected chi connectivity index (χ3v) is 13.9. The van der Waals surface area contributed by atoms with Crippen LogP contribution >= 0.6 is 0 Å². The molecule has 0 bridgehead atoms. The second-order valence-electron chi connectivity index (χ2n) is 19.9. The molecule has 0 spiro atoms. The van der Waals surface area contributed by atoms with Gasteiger partial charge >= 0.3 is 11.9 Å². The number of rotatable bonds is 48. The van der Waals surface area contributed by atoms with E-state index in [0.717, 1.165) is 115 Å². The van der Waals surface area contributed by atoms with Crippen molar-refractivity contribution >= 4 is 17.8 Å². The fourth-order valence-corrected chi connectivity index (χ4v) is 9.75. The Morgan fingerprint density at radius 3 is 1.16 bits per heavy atom. The van der Waals surface area contributed by atoms with Gasteiger partial charge in [-0.15, -0.1) is 0 Å². The van der Waals surface area contributed by atoms with Crippen molar-refractivity contribution in [1.29, 1.82) is 0 Å². The zero-order valence-corrected chi connectivity index (χ0v) is 42.8. The number of amides is 1. The largest absolute Gasteiger partial charge is 0.466 e. The van der Waals surface area contributed by atoms with Gasteiger partial charge in [0.15, 0.2) is 0 Å². The highest BCUT2D eigenvalue weighted by atomic mass is 16.5. The average molecular weight is 889 g/mol. The Bertz CT molecular complexity index is 930. The van der Waals surface area contributed by atoms with Gasteiger partial charge in [0.25, 0.3) is 0 Å². The monoisotopic (exact) mass is 889 g/mol. The van der Waals surface area contributed by atoms with Gasteiger partial charge in [-0.3, -0.25) is 14.4 Å². The van der Waals surface area contributed by atoms with Crippen LogP contribution in [0.25, 0.3) is 0 Å². The molecule has 1 rings (SSSR count). The Kier molecular flexibility index (Phi) is 42.9. The van der Waals surface area contributed by atoms with Crippen molar-refractivity contribution < 1.29 is 23.9 Å². The number of unbranched alkanes of at least 4 members (excludes halogenated alkanes) is 20. The van der Waals surface area contributed by atoms with Crippen LogP contribution in [0.3, 0.4) is 0 Å². The second-order valence-corrected chi connectivity index (χ2v) is 19.9. The normalized spacial score (nSPS) is 13.1. The van der Waals surface area contributed by atoms with Crippen LogP contribution in [0, 0.1) is 11.8 Å². The maximum Gasteiger partial charge on any atom is 0.305 e. The molecule has 7 heteroatoms. The number of carbonyl (C=O) groups excluding carboxylic acids is 3. The summed E-state index contributed by atoms with van der Waals surface area (Å²) in [7, 11) is 0. The number of ether oxygens (including phenoxy) is 2. The Morgan fingerprint density at radius 2 is 0.762 bits per heavy atom. The molecule has 1 fully saturated rings. The number of likely N-dealkylation sites (tertiary alicyclic amines) is 1. The van der Waals surface area contributed by atoms with E-state index in [0.29, 0.717) is 38.4 Å². The van der Waals surface area contributed by atoms with Gasteiger partial charge in [0.1, 0.15) is 0 Å². The zero-order valence-electron chi connectivity index (χ0n) is 42.8. The van der Waals surface area contributed by atoms with Gasteiger partial charge in [-0.1, -0.05) is 195 Å². The predicted molar refractivity (Wildman–Crippen MR) is 269 cm³/mol. The summed E-state index contributed by atoms with van der Waals surface area (Å²) in [4.78, 5) is 43.0. The third-order valence-electron chi connectivity index (χ3n) is 13.9. The molecule has 7 nitrogen and oxygen atoms in total. The smallest absolute Gasteiger partial charge is 0.305 e. The average Bonchev–Trinajstić information content (AvgIpc) is 3.81. The van der Waals surface area contributed by atoms with Crippen LogP contribution < -0.4 is 0 Å². The molecule has 0 aromatic carbocycles. The molecule has 1 aliphatic rings. The quantitative estimate of drug-likeness (QED) is 0.0447. The van der Waals surface area contributed by atoms with Crippen LogP contribution in [-0.2, 0) is 23.9 Å². The minimum Gasteiger partial charge on any atom is -0.466 e. The lowest BCUT2D eigenvalue weighted by atomic mass is 9.91. The minimum atomic E-state index is -0.0291. The van der Waals surface area contributed by atoms with Crippen molar-refractivity contribution in [1.82, 2.24) is 9.80 Å². The van der Waals surface area contributed by atoms with Crippen molar-refractivity contribution in [3.8, 4) is 0 Å². The van der Waals surface area contributed by atoms with E-state index >= 15 is 0 Å². The molecule has 0 aromatic rings. The van der Waals surface area contributed by atoms with Gasteiger partial charge in [0.2, 0.25) is 5.91 Å². The summed E-state index contributed by atoms with van der Waals surface area (Å²) >= 11 is 0. The van der Waals surface area contributed by atoms with E-state index in [1.54, 1.807) is 0 Å². The molecule has 0 unspecified atom stereocenters. The zero-order chi connectivity index (χ0) is 45.7. The molecule has 0 radical (unpaired) electrons. The summed E-state index contributed by atoms with van der Waals surface area (Å²) < 4.78 is 11.3. The molecule has 1 aliphatic heterocycles. The van der Waals surface area contributed by atoms with Crippen molar-refractivity contribution in [3.05, 3.63) is 0 Å². The van der Waals surface area contributed by atoms with Gasteiger partial charge in [0.05, 0.1) is 13.2 Å². The van der Waals surface area contributed by atoms with Gasteiger partial charge in [-0.2, -0.15) is 0 Å². The number of nitrogens with zero attached hydrogens (tertiary/aromatic N) is 2. The van der Waals surface area contributed by atoms with Crippen LogP contribution in [0.15, 0.2) is 0 Å². The first-order chi connectivity index (χ1) is 30.9. The Balaban J connectivity index is 2.28. The maximum atomic E-state index is 13.4. The highest BCUT2D eigenvalue weighted by Gasteiger charge is 2.16. The number of hydrogen-bond donors (Lipinski definition) is 0. The fraction of sp³-hybridized carbons (Fsp3) is 0.946. The van der Waals surface area contributed by atoms with E-state index in [1.165, 1.54) is 167 Å². The first kappa shape index (κ1) is 59.4. The van der Waals surface area contributed by atoms with Crippen LogP contribution in [0.4, 0.5) is 0 Å². The minimum absolute atomic E-state index is 0.0291. The van der Waals surface area contributed by atoms with Crippen molar-refractivity contribution in [2.24, 2.45) is 11.8 Å². The molecule has 0 atom stereocenters. The molecule has 372 valence electrons. The van der Waals surface area contributed by atoms with Gasteiger partial charge in [-0.25, -0.2) is 0 Å². The van der Waals surface area contributed by atoms with Crippen molar-refractivity contribution in [2.75, 3.05) is 45.9 Å². The molecule has 63 heavy (non-hydrogen) atoms. The van der Waals surface area contributed by atoms with Gasteiger partial charge < -0.3 is 19.3 Å². The van der Waals surface area contributed by atoms with Crippen LogP contribution in [0.2, 0.25) is 0 Å². The topological polar surface area (TPSA) is 76.1 Å². The van der Waals surface area contributed by atoms with E-state index in [9.17, 15) is 14.4 Å². The van der Waals surface area contributed by atoms with E-state index in [2.05, 4.69) is 37.5 Å². The van der Waals surface area contributed by atoms with Gasteiger partial charge in [-0.05, 0) is 102 Å². The predicted octanol–water partition coefficient (Wildman–Crippen LogP) is 16.1. The summed E-state index contributed by atoms with van der Waals surface area (Å²) in [5.74, 6) is 1.84. The molecular formula is C56H108N2O5. The molecule has 0 aromatic heterocycles.